The topological polar surface area (TPSA) is 93.2 Å². The van der Waals surface area contributed by atoms with Gasteiger partial charge in [-0.3, -0.25) is 14.3 Å². The van der Waals surface area contributed by atoms with Crippen LogP contribution in [-0.2, 0) is 6.54 Å². The minimum absolute atomic E-state index is 0.0799. The summed E-state index contributed by atoms with van der Waals surface area (Å²) < 4.78 is 47.8. The molecule has 1 fully saturated rings. The highest BCUT2D eigenvalue weighted by Gasteiger charge is 2.19. The maximum absolute atomic E-state index is 15.3. The lowest BCUT2D eigenvalue weighted by molar-refractivity contribution is 0.116. The maximum atomic E-state index is 15.3. The summed E-state index contributed by atoms with van der Waals surface area (Å²) in [6.45, 7) is 7.07. The van der Waals surface area contributed by atoms with Crippen molar-refractivity contribution in [3.05, 3.63) is 75.9 Å². The van der Waals surface area contributed by atoms with E-state index in [1.807, 2.05) is 12.1 Å². The molecule has 1 aromatic carbocycles. The van der Waals surface area contributed by atoms with Gasteiger partial charge in [-0.2, -0.15) is 8.78 Å². The molecular formula is C27H24F3N7O2S. The number of hydrogen-bond donors (Lipinski definition) is 0. The van der Waals surface area contributed by atoms with Gasteiger partial charge >= 0.3 is 11.3 Å². The number of alkyl halides is 2. The minimum atomic E-state index is -2.87. The molecule has 5 aromatic rings. The van der Waals surface area contributed by atoms with Crippen LogP contribution < -0.4 is 9.77 Å². The van der Waals surface area contributed by atoms with E-state index in [-0.39, 0.29) is 17.3 Å². The highest BCUT2D eigenvalue weighted by molar-refractivity contribution is 7.16. The lowest BCUT2D eigenvalue weighted by Crippen LogP contribution is -2.46. The summed E-state index contributed by atoms with van der Waals surface area (Å²) in [6.07, 6.45) is 0.206. The third-order valence-electron chi connectivity index (χ3n) is 6.98. The number of aromatic nitrogens is 5. The molecule has 1 aliphatic rings. The molecule has 1 saturated heterocycles. The Balaban J connectivity index is 1.22. The van der Waals surface area contributed by atoms with E-state index in [0.29, 0.717) is 32.6 Å². The molecule has 4 aromatic heterocycles. The van der Waals surface area contributed by atoms with Crippen LogP contribution in [0.2, 0.25) is 0 Å². The van der Waals surface area contributed by atoms with E-state index >= 15 is 4.39 Å². The zero-order chi connectivity index (χ0) is 27.8. The fourth-order valence-corrected chi connectivity index (χ4v) is 5.64. The van der Waals surface area contributed by atoms with Gasteiger partial charge in [-0.1, -0.05) is 18.3 Å². The van der Waals surface area contributed by atoms with Crippen LogP contribution in [0.15, 0.2) is 58.0 Å². The Morgan fingerprint density at radius 1 is 1.00 bits per heavy atom. The molecule has 0 saturated carbocycles. The average Bonchev–Trinajstić information content (AvgIpc) is 3.59. The summed E-state index contributed by atoms with van der Waals surface area (Å²) in [5, 5.41) is 6.91. The SMILES string of the molecule is CCN1CCN(c2ccc(-c3cc4sc(=O)n(Cc5ccc(-c6nnc(C(F)F)o6)cn5)c4cc3F)cn2)CC1. The molecule has 0 N–H and O–H groups in total. The number of thiazole rings is 1. The number of fused-ring (bicyclic) bond motifs is 1. The second-order valence-electron chi connectivity index (χ2n) is 9.36. The summed E-state index contributed by atoms with van der Waals surface area (Å²) in [5.41, 5.74) is 2.35. The van der Waals surface area contributed by atoms with Crippen LogP contribution in [0.4, 0.5) is 19.0 Å². The fourth-order valence-electron chi connectivity index (χ4n) is 4.73. The molecular weight excluding hydrogens is 543 g/mol. The monoisotopic (exact) mass is 567 g/mol. The van der Waals surface area contributed by atoms with Crippen LogP contribution in [0, 0.1) is 5.82 Å². The molecule has 0 atom stereocenters. The minimum Gasteiger partial charge on any atom is -0.415 e. The Kier molecular flexibility index (Phi) is 7.07. The number of hydrogen-bond acceptors (Lipinski definition) is 9. The number of likely N-dealkylation sites (N-methyl/N-ethyl adjacent to an activating group) is 1. The van der Waals surface area contributed by atoms with Crippen LogP contribution >= 0.6 is 11.3 Å². The molecule has 13 heteroatoms. The van der Waals surface area contributed by atoms with Crippen LogP contribution in [0.5, 0.6) is 0 Å². The Hall–Kier alpha value is -4.10. The van der Waals surface area contributed by atoms with Gasteiger partial charge in [0.05, 0.1) is 28.0 Å². The molecule has 40 heavy (non-hydrogen) atoms. The molecule has 6 rings (SSSR count). The van der Waals surface area contributed by atoms with Gasteiger partial charge in [0.15, 0.2) is 0 Å². The van der Waals surface area contributed by atoms with Gasteiger partial charge in [-0.05, 0) is 42.9 Å². The van der Waals surface area contributed by atoms with E-state index in [1.165, 1.54) is 16.8 Å². The number of pyridine rings is 2. The fraction of sp³-hybridized carbons (Fsp3) is 0.296. The molecule has 0 unspecified atom stereocenters. The molecule has 0 bridgehead atoms. The van der Waals surface area contributed by atoms with E-state index in [4.69, 9.17) is 4.42 Å². The summed E-state index contributed by atoms with van der Waals surface area (Å²) in [7, 11) is 0. The van der Waals surface area contributed by atoms with Gasteiger partial charge in [0, 0.05) is 49.7 Å². The van der Waals surface area contributed by atoms with Crippen molar-refractivity contribution in [3.63, 3.8) is 0 Å². The molecule has 1 aliphatic heterocycles. The Labute approximate surface area is 230 Å². The van der Waals surface area contributed by atoms with Gasteiger partial charge in [0.25, 0.3) is 5.89 Å². The van der Waals surface area contributed by atoms with Crippen LogP contribution in [0.1, 0.15) is 24.9 Å². The summed E-state index contributed by atoms with van der Waals surface area (Å²) in [6, 6.07) is 10.0. The Bertz CT molecular complexity index is 1690. The first-order valence-electron chi connectivity index (χ1n) is 12.7. The van der Waals surface area contributed by atoms with Crippen molar-refractivity contribution in [1.82, 2.24) is 29.6 Å². The third-order valence-corrected chi connectivity index (χ3v) is 7.92. The smallest absolute Gasteiger partial charge is 0.314 e. The number of benzene rings is 1. The standard InChI is InChI=1S/C27H24F3N7O2S/c1-2-35-7-9-36(10-8-35)23-6-4-16(13-32-23)19-11-22-21(12-20(19)28)37(27(38)40-22)15-18-5-3-17(14-31-18)25-33-34-26(39-25)24(29)30/h3-6,11-14,24H,2,7-10,15H2,1H3. The number of nitrogens with zero attached hydrogens (tertiary/aromatic N) is 7. The van der Waals surface area contributed by atoms with E-state index in [9.17, 15) is 13.6 Å². The molecule has 0 radical (unpaired) electrons. The van der Waals surface area contributed by atoms with E-state index < -0.39 is 18.1 Å². The lowest BCUT2D eigenvalue weighted by Gasteiger charge is -2.34. The van der Waals surface area contributed by atoms with Crippen molar-refractivity contribution < 1.29 is 17.6 Å². The van der Waals surface area contributed by atoms with Gasteiger partial charge in [0.2, 0.25) is 5.89 Å². The Morgan fingerprint density at radius 2 is 1.77 bits per heavy atom. The van der Waals surface area contributed by atoms with Crippen molar-refractivity contribution in [2.75, 3.05) is 37.6 Å². The van der Waals surface area contributed by atoms with E-state index in [2.05, 4.69) is 36.9 Å². The number of piperazine rings is 1. The van der Waals surface area contributed by atoms with Crippen molar-refractivity contribution in [3.8, 4) is 22.6 Å². The molecule has 0 aliphatic carbocycles. The van der Waals surface area contributed by atoms with Crippen LogP contribution in [0.25, 0.3) is 32.8 Å². The third kappa shape index (κ3) is 5.09. The van der Waals surface area contributed by atoms with E-state index in [0.717, 1.165) is 49.9 Å². The summed E-state index contributed by atoms with van der Waals surface area (Å²) in [4.78, 5) is 26.1. The van der Waals surface area contributed by atoms with Gasteiger partial charge in [-0.15, -0.1) is 10.2 Å². The molecule has 206 valence electrons. The second kappa shape index (κ2) is 10.8. The largest absolute Gasteiger partial charge is 0.415 e. The first-order chi connectivity index (χ1) is 19.4. The van der Waals surface area contributed by atoms with Crippen molar-refractivity contribution in [2.24, 2.45) is 0 Å². The lowest BCUT2D eigenvalue weighted by atomic mass is 10.1. The van der Waals surface area contributed by atoms with Crippen molar-refractivity contribution in [1.29, 1.82) is 0 Å². The number of anilines is 1. The quantitative estimate of drug-likeness (QED) is 0.276. The molecule has 9 nitrogen and oxygen atoms in total. The Morgan fingerprint density at radius 3 is 2.42 bits per heavy atom. The zero-order valence-corrected chi connectivity index (χ0v) is 22.2. The zero-order valence-electron chi connectivity index (χ0n) is 21.4. The predicted molar refractivity (Wildman–Crippen MR) is 145 cm³/mol. The highest BCUT2D eigenvalue weighted by atomic mass is 32.1. The van der Waals surface area contributed by atoms with Crippen molar-refractivity contribution >= 4 is 27.4 Å². The van der Waals surface area contributed by atoms with Gasteiger partial charge in [-0.25, -0.2) is 9.37 Å². The first kappa shape index (κ1) is 26.1. The summed E-state index contributed by atoms with van der Waals surface area (Å²) >= 11 is 1.02. The van der Waals surface area contributed by atoms with E-state index in [1.54, 1.807) is 24.4 Å². The molecule has 0 spiro atoms. The van der Waals surface area contributed by atoms with Gasteiger partial charge < -0.3 is 14.2 Å². The number of halogens is 3. The van der Waals surface area contributed by atoms with Gasteiger partial charge in [0.1, 0.15) is 11.6 Å². The van der Waals surface area contributed by atoms with Crippen LogP contribution in [-0.4, -0.2) is 62.4 Å². The first-order valence-corrected chi connectivity index (χ1v) is 13.5. The maximum Gasteiger partial charge on any atom is 0.314 e. The normalized spacial score (nSPS) is 14.5. The summed E-state index contributed by atoms with van der Waals surface area (Å²) in [5.74, 6) is -0.443. The molecule has 0 amide bonds. The predicted octanol–water partition coefficient (Wildman–Crippen LogP) is 4.84. The highest BCUT2D eigenvalue weighted by Crippen LogP contribution is 2.30. The van der Waals surface area contributed by atoms with Crippen molar-refractivity contribution in [2.45, 2.75) is 19.9 Å². The second-order valence-corrected chi connectivity index (χ2v) is 10.4. The molecule has 5 heterocycles. The average molecular weight is 568 g/mol. The van der Waals surface area contributed by atoms with Crippen LogP contribution in [0.3, 0.4) is 0 Å². The number of rotatable bonds is 7.